The van der Waals surface area contributed by atoms with Crippen LogP contribution in [0.5, 0.6) is 0 Å². The van der Waals surface area contributed by atoms with Gasteiger partial charge in [0.05, 0.1) is 11.8 Å². The highest BCUT2D eigenvalue weighted by molar-refractivity contribution is 6.08. The third kappa shape index (κ3) is 2.76. The summed E-state index contributed by atoms with van der Waals surface area (Å²) in [6.07, 6.45) is 5.28. The lowest BCUT2D eigenvalue weighted by molar-refractivity contribution is -0.152. The van der Waals surface area contributed by atoms with Gasteiger partial charge in [-0.15, -0.1) is 0 Å². The van der Waals surface area contributed by atoms with Gasteiger partial charge >= 0.3 is 5.97 Å². The summed E-state index contributed by atoms with van der Waals surface area (Å²) >= 11 is 0. The molecule has 6 nitrogen and oxygen atoms in total. The Morgan fingerprint density at radius 3 is 2.21 bits per heavy atom. The molecule has 1 heterocycles. The maximum absolute atomic E-state index is 12.9. The predicted octanol–water partition coefficient (Wildman–Crippen LogP) is 2.08. The lowest BCUT2D eigenvalue weighted by Gasteiger charge is -2.37. The number of aryl methyl sites for hydroxylation is 2. The van der Waals surface area contributed by atoms with E-state index in [0.29, 0.717) is 17.4 Å². The summed E-state index contributed by atoms with van der Waals surface area (Å²) in [5.74, 6) is -0.931. The smallest absolute Gasteiger partial charge is 0.326 e. The molecule has 5 aliphatic rings. The van der Waals surface area contributed by atoms with E-state index in [1.54, 1.807) is 12.1 Å². The first-order valence-electron chi connectivity index (χ1n) is 10.2. The van der Waals surface area contributed by atoms with Crippen molar-refractivity contribution in [3.63, 3.8) is 0 Å². The summed E-state index contributed by atoms with van der Waals surface area (Å²) in [5.41, 5.74) is 2.54. The highest BCUT2D eigenvalue weighted by atomic mass is 16.5. The van der Waals surface area contributed by atoms with Gasteiger partial charge in [-0.1, -0.05) is 24.3 Å². The Labute approximate surface area is 168 Å². The van der Waals surface area contributed by atoms with E-state index in [9.17, 15) is 19.2 Å². The second-order valence-electron chi connectivity index (χ2n) is 8.80. The van der Waals surface area contributed by atoms with Gasteiger partial charge < -0.3 is 4.74 Å². The number of ketones is 1. The number of nitrogens with zero attached hydrogens (tertiary/aromatic N) is 1. The van der Waals surface area contributed by atoms with Crippen LogP contribution in [0.15, 0.2) is 30.4 Å². The second kappa shape index (κ2) is 6.37. The third-order valence-electron chi connectivity index (χ3n) is 7.23. The number of esters is 1. The molecule has 150 valence electrons. The Bertz CT molecular complexity index is 943. The minimum atomic E-state index is -0.729. The molecule has 0 unspecified atom stereocenters. The number of allylic oxidation sites excluding steroid dienone is 2. The Balaban J connectivity index is 1.21. The quantitative estimate of drug-likeness (QED) is 0.331. The lowest BCUT2D eigenvalue weighted by Crippen LogP contribution is -2.40. The molecular formula is C23H23NO5. The van der Waals surface area contributed by atoms with Crippen LogP contribution in [-0.2, 0) is 19.1 Å². The van der Waals surface area contributed by atoms with Crippen LogP contribution < -0.4 is 0 Å². The van der Waals surface area contributed by atoms with Crippen molar-refractivity contribution >= 4 is 23.6 Å². The van der Waals surface area contributed by atoms with E-state index >= 15 is 0 Å². The van der Waals surface area contributed by atoms with E-state index in [4.69, 9.17) is 4.74 Å². The number of hydrogen-bond acceptors (Lipinski definition) is 5. The number of imide groups is 1. The number of rotatable bonds is 5. The molecule has 1 saturated heterocycles. The summed E-state index contributed by atoms with van der Waals surface area (Å²) in [4.78, 5) is 51.3. The first kappa shape index (κ1) is 18.3. The van der Waals surface area contributed by atoms with Gasteiger partial charge in [0, 0.05) is 5.56 Å². The van der Waals surface area contributed by atoms with Gasteiger partial charge in [-0.05, 0) is 61.1 Å². The van der Waals surface area contributed by atoms with Crippen molar-refractivity contribution in [3.8, 4) is 0 Å². The molecule has 1 aliphatic heterocycles. The summed E-state index contributed by atoms with van der Waals surface area (Å²) < 4.78 is 5.09. The van der Waals surface area contributed by atoms with Crippen LogP contribution in [0, 0.1) is 49.4 Å². The Morgan fingerprint density at radius 1 is 1.00 bits per heavy atom. The minimum absolute atomic E-state index is 0.124. The zero-order valence-corrected chi connectivity index (χ0v) is 16.5. The molecule has 2 amide bonds. The van der Waals surface area contributed by atoms with E-state index in [1.165, 1.54) is 0 Å². The fourth-order valence-corrected chi connectivity index (χ4v) is 5.49. The molecule has 3 fully saturated rings. The molecule has 29 heavy (non-hydrogen) atoms. The SMILES string of the molecule is Cc1ccc(C(=O)COC(=O)CN2C(=O)[C@H]3[C@@H]4C=C[C@@H]([C@H]5C[C@H]45)[C@@H]3C2=O)cc1C. The van der Waals surface area contributed by atoms with Gasteiger partial charge in [-0.3, -0.25) is 24.1 Å². The van der Waals surface area contributed by atoms with Crippen LogP contribution in [-0.4, -0.2) is 41.6 Å². The van der Waals surface area contributed by atoms with Crippen LogP contribution in [0.4, 0.5) is 0 Å². The molecule has 4 aliphatic carbocycles. The zero-order valence-electron chi connectivity index (χ0n) is 16.5. The van der Waals surface area contributed by atoms with Gasteiger partial charge in [0.2, 0.25) is 11.8 Å². The van der Waals surface area contributed by atoms with Crippen molar-refractivity contribution < 1.29 is 23.9 Å². The second-order valence-corrected chi connectivity index (χ2v) is 8.80. The first-order valence-corrected chi connectivity index (χ1v) is 10.2. The van der Waals surface area contributed by atoms with E-state index in [-0.39, 0.29) is 41.3 Å². The summed E-state index contributed by atoms with van der Waals surface area (Å²) in [6, 6.07) is 5.31. The Morgan fingerprint density at radius 2 is 1.62 bits per heavy atom. The number of carbonyl (C=O) groups excluding carboxylic acids is 4. The van der Waals surface area contributed by atoms with Crippen LogP contribution in [0.3, 0.4) is 0 Å². The number of carbonyl (C=O) groups is 4. The summed E-state index contributed by atoms with van der Waals surface area (Å²) in [6.45, 7) is 3.05. The standard InChI is InChI=1S/C23H23NO5/c1-11-3-4-13(7-12(11)2)18(25)10-29-19(26)9-24-22(27)20-14-5-6-15(17-8-16(14)17)21(20)23(24)28/h3-7,14-17,20-21H,8-10H2,1-2H3/t14-,15+,16-,17-,20+,21+/m1/s1. The monoisotopic (exact) mass is 393 g/mol. The van der Waals surface area contributed by atoms with Gasteiger partial charge in [0.1, 0.15) is 6.54 Å². The van der Waals surface area contributed by atoms with Crippen LogP contribution in [0.1, 0.15) is 27.9 Å². The van der Waals surface area contributed by atoms with E-state index in [2.05, 4.69) is 12.2 Å². The van der Waals surface area contributed by atoms with Crippen LogP contribution in [0.25, 0.3) is 0 Å². The highest BCUT2D eigenvalue weighted by Gasteiger charge is 2.67. The highest BCUT2D eigenvalue weighted by Crippen LogP contribution is 2.65. The van der Waals surface area contributed by atoms with Crippen LogP contribution >= 0.6 is 0 Å². The van der Waals surface area contributed by atoms with Crippen molar-refractivity contribution in [3.05, 3.63) is 47.0 Å². The van der Waals surface area contributed by atoms with Crippen molar-refractivity contribution in [2.45, 2.75) is 20.3 Å². The minimum Gasteiger partial charge on any atom is -0.456 e. The first-order chi connectivity index (χ1) is 13.9. The fourth-order valence-electron chi connectivity index (χ4n) is 5.49. The molecule has 2 saturated carbocycles. The van der Waals surface area contributed by atoms with Crippen molar-refractivity contribution in [2.75, 3.05) is 13.2 Å². The van der Waals surface area contributed by atoms with Gasteiger partial charge in [-0.25, -0.2) is 0 Å². The van der Waals surface area contributed by atoms with Gasteiger partial charge in [-0.2, -0.15) is 0 Å². The molecular weight excluding hydrogens is 370 g/mol. The number of benzene rings is 1. The molecule has 2 bridgehead atoms. The average molecular weight is 393 g/mol. The van der Waals surface area contributed by atoms with Crippen LogP contribution in [0.2, 0.25) is 0 Å². The molecule has 6 rings (SSSR count). The van der Waals surface area contributed by atoms with Gasteiger partial charge in [0.25, 0.3) is 0 Å². The van der Waals surface area contributed by atoms with E-state index in [1.807, 2.05) is 19.9 Å². The summed E-state index contributed by atoms with van der Waals surface area (Å²) in [7, 11) is 0. The number of likely N-dealkylation sites (tertiary alicyclic amines) is 1. The average Bonchev–Trinajstić information content (AvgIpc) is 3.49. The van der Waals surface area contributed by atoms with E-state index < -0.39 is 19.1 Å². The molecule has 1 aromatic rings. The molecule has 0 aromatic heterocycles. The van der Waals surface area contributed by atoms with Crippen molar-refractivity contribution in [1.29, 1.82) is 0 Å². The normalized spacial score (nSPS) is 33.5. The molecule has 0 radical (unpaired) electrons. The fraction of sp³-hybridized carbons (Fsp3) is 0.478. The Hall–Kier alpha value is -2.76. The largest absolute Gasteiger partial charge is 0.456 e. The van der Waals surface area contributed by atoms with Crippen molar-refractivity contribution in [2.24, 2.45) is 35.5 Å². The third-order valence-corrected chi connectivity index (χ3v) is 7.23. The topological polar surface area (TPSA) is 80.8 Å². The van der Waals surface area contributed by atoms with Gasteiger partial charge in [0.15, 0.2) is 12.4 Å². The predicted molar refractivity (Wildman–Crippen MR) is 103 cm³/mol. The molecule has 6 atom stereocenters. The number of ether oxygens (including phenoxy) is 1. The number of Topliss-reactive ketones (excluding diaryl/α,β-unsaturated/α-hetero) is 1. The maximum Gasteiger partial charge on any atom is 0.326 e. The number of hydrogen-bond donors (Lipinski definition) is 0. The molecule has 0 spiro atoms. The molecule has 1 aromatic carbocycles. The Kier molecular flexibility index (Phi) is 4.02. The lowest BCUT2D eigenvalue weighted by atomic mass is 9.63. The molecule has 6 heteroatoms. The van der Waals surface area contributed by atoms with Crippen molar-refractivity contribution in [1.82, 2.24) is 4.90 Å². The number of amides is 2. The van der Waals surface area contributed by atoms with E-state index in [0.717, 1.165) is 22.4 Å². The zero-order chi connectivity index (χ0) is 20.4. The summed E-state index contributed by atoms with van der Waals surface area (Å²) in [5, 5.41) is 0. The maximum atomic E-state index is 12.9. The molecule has 0 N–H and O–H groups in total.